The molecule has 2 amide bonds. The Labute approximate surface area is 78.2 Å². The first-order chi connectivity index (χ1) is 6.24. The van der Waals surface area contributed by atoms with Crippen LogP contribution in [0.3, 0.4) is 0 Å². The first-order valence-electron chi connectivity index (χ1n) is 4.55. The van der Waals surface area contributed by atoms with Crippen LogP contribution in [0.15, 0.2) is 12.2 Å². The van der Waals surface area contributed by atoms with Gasteiger partial charge in [0, 0.05) is 13.1 Å². The van der Waals surface area contributed by atoms with E-state index >= 15 is 0 Å². The van der Waals surface area contributed by atoms with Crippen molar-refractivity contribution in [1.29, 1.82) is 0 Å². The predicted octanol–water partition coefficient (Wildman–Crippen LogP) is 0.339. The van der Waals surface area contributed by atoms with Gasteiger partial charge in [0.25, 0.3) is 0 Å². The molecule has 4 nitrogen and oxygen atoms in total. The van der Waals surface area contributed by atoms with E-state index in [4.69, 9.17) is 5.11 Å². The quantitative estimate of drug-likeness (QED) is 0.608. The van der Waals surface area contributed by atoms with Gasteiger partial charge in [0.15, 0.2) is 0 Å². The molecule has 0 saturated heterocycles. The predicted molar refractivity (Wildman–Crippen MR) is 50.4 cm³/mol. The van der Waals surface area contributed by atoms with Crippen LogP contribution >= 0.6 is 0 Å². The number of aliphatic hydroxyl groups excluding tert-OH is 1. The van der Waals surface area contributed by atoms with Gasteiger partial charge in [-0.3, -0.25) is 0 Å². The van der Waals surface area contributed by atoms with E-state index in [1.807, 2.05) is 6.08 Å². The minimum atomic E-state index is -0.168. The maximum Gasteiger partial charge on any atom is 0.317 e. The van der Waals surface area contributed by atoms with Crippen LogP contribution in [0.25, 0.3) is 0 Å². The molecule has 2 N–H and O–H groups in total. The summed E-state index contributed by atoms with van der Waals surface area (Å²) in [5, 5.41) is 11.4. The summed E-state index contributed by atoms with van der Waals surface area (Å²) in [4.78, 5) is 13.2. The van der Waals surface area contributed by atoms with Crippen LogP contribution in [-0.4, -0.2) is 41.8 Å². The van der Waals surface area contributed by atoms with E-state index in [1.165, 1.54) is 0 Å². The van der Waals surface area contributed by atoms with Crippen LogP contribution in [0, 0.1) is 0 Å². The molecule has 1 rings (SSSR count). The lowest BCUT2D eigenvalue weighted by Gasteiger charge is -2.25. The van der Waals surface area contributed by atoms with Crippen molar-refractivity contribution in [3.05, 3.63) is 12.2 Å². The van der Waals surface area contributed by atoms with Crippen LogP contribution in [0.1, 0.15) is 13.3 Å². The van der Waals surface area contributed by atoms with Crippen molar-refractivity contribution in [1.82, 2.24) is 10.2 Å². The zero-order valence-electron chi connectivity index (χ0n) is 7.86. The van der Waals surface area contributed by atoms with Gasteiger partial charge in [-0.25, -0.2) is 4.79 Å². The van der Waals surface area contributed by atoms with Crippen molar-refractivity contribution >= 4 is 6.03 Å². The summed E-state index contributed by atoms with van der Waals surface area (Å²) in [7, 11) is 0. The van der Waals surface area contributed by atoms with Gasteiger partial charge in [-0.15, -0.1) is 0 Å². The van der Waals surface area contributed by atoms with Crippen molar-refractivity contribution in [2.45, 2.75) is 19.4 Å². The summed E-state index contributed by atoms with van der Waals surface area (Å²) in [6, 6.07) is -0.260. The number of rotatable bonds is 2. The van der Waals surface area contributed by atoms with Crippen LogP contribution in [-0.2, 0) is 0 Å². The third-order valence-electron chi connectivity index (χ3n) is 1.99. The number of urea groups is 1. The molecule has 1 heterocycles. The van der Waals surface area contributed by atoms with Crippen LogP contribution in [0.4, 0.5) is 4.79 Å². The molecule has 1 atom stereocenters. The fourth-order valence-corrected chi connectivity index (χ4v) is 1.17. The van der Waals surface area contributed by atoms with Gasteiger partial charge in [0.1, 0.15) is 0 Å². The summed E-state index contributed by atoms with van der Waals surface area (Å²) < 4.78 is 0. The summed E-state index contributed by atoms with van der Waals surface area (Å²) in [6.45, 7) is 3.19. The van der Waals surface area contributed by atoms with Crippen molar-refractivity contribution in [3.63, 3.8) is 0 Å². The molecule has 4 heteroatoms. The molecule has 1 aliphatic heterocycles. The van der Waals surface area contributed by atoms with Gasteiger partial charge in [0.2, 0.25) is 0 Å². The zero-order valence-corrected chi connectivity index (χ0v) is 7.86. The van der Waals surface area contributed by atoms with Gasteiger partial charge in [0.05, 0.1) is 12.6 Å². The van der Waals surface area contributed by atoms with Crippen molar-refractivity contribution in [2.24, 2.45) is 0 Å². The highest BCUT2D eigenvalue weighted by atomic mass is 16.3. The number of nitrogens with zero attached hydrogens (tertiary/aromatic N) is 1. The minimum Gasteiger partial charge on any atom is -0.394 e. The summed E-state index contributed by atoms with van der Waals surface area (Å²) >= 11 is 0. The molecule has 0 bridgehead atoms. The molecular weight excluding hydrogens is 168 g/mol. The van der Waals surface area contributed by atoms with Gasteiger partial charge < -0.3 is 15.3 Å². The number of carbonyl (C=O) groups excluding carboxylic acids is 1. The molecule has 1 aliphatic rings. The second-order valence-corrected chi connectivity index (χ2v) is 3.24. The molecule has 0 aromatic carbocycles. The highest BCUT2D eigenvalue weighted by Gasteiger charge is 2.14. The molecule has 74 valence electrons. The first-order valence-corrected chi connectivity index (χ1v) is 4.55. The van der Waals surface area contributed by atoms with Gasteiger partial charge in [-0.05, 0) is 13.3 Å². The Morgan fingerprint density at radius 1 is 1.69 bits per heavy atom. The SMILES string of the molecule is C[C@@H](CO)NC(=O)N1CC=CCC1. The van der Waals surface area contributed by atoms with Gasteiger partial charge in [-0.1, -0.05) is 12.2 Å². The summed E-state index contributed by atoms with van der Waals surface area (Å²) in [6.07, 6.45) is 4.97. The fraction of sp³-hybridized carbons (Fsp3) is 0.667. The summed E-state index contributed by atoms with van der Waals surface area (Å²) in [5.74, 6) is 0. The lowest BCUT2D eigenvalue weighted by molar-refractivity contribution is 0.188. The maximum atomic E-state index is 11.4. The van der Waals surface area contributed by atoms with Crippen LogP contribution in [0.2, 0.25) is 0 Å². The Kier molecular flexibility index (Phi) is 3.76. The largest absolute Gasteiger partial charge is 0.394 e. The molecule has 0 radical (unpaired) electrons. The zero-order chi connectivity index (χ0) is 9.68. The number of nitrogens with one attached hydrogen (secondary N) is 1. The van der Waals surface area contributed by atoms with Crippen molar-refractivity contribution < 1.29 is 9.90 Å². The Balaban J connectivity index is 2.34. The van der Waals surface area contributed by atoms with Crippen molar-refractivity contribution in [3.8, 4) is 0 Å². The standard InChI is InChI=1S/C9H16N2O2/c1-8(7-12)10-9(13)11-5-3-2-4-6-11/h2-3,8,12H,4-7H2,1H3,(H,10,13)/t8-/m0/s1. The van der Waals surface area contributed by atoms with E-state index in [2.05, 4.69) is 11.4 Å². The lowest BCUT2D eigenvalue weighted by Crippen LogP contribution is -2.46. The topological polar surface area (TPSA) is 52.6 Å². The average molecular weight is 184 g/mol. The molecule has 0 spiro atoms. The fourth-order valence-electron chi connectivity index (χ4n) is 1.17. The third kappa shape index (κ3) is 3.06. The molecule has 0 saturated carbocycles. The normalized spacial score (nSPS) is 18.5. The average Bonchev–Trinajstić information content (AvgIpc) is 2.19. The van der Waals surface area contributed by atoms with E-state index < -0.39 is 0 Å². The van der Waals surface area contributed by atoms with E-state index in [1.54, 1.807) is 11.8 Å². The Bertz CT molecular complexity index is 204. The molecule has 0 aliphatic carbocycles. The highest BCUT2D eigenvalue weighted by Crippen LogP contribution is 2.01. The Morgan fingerprint density at radius 3 is 3.00 bits per heavy atom. The van der Waals surface area contributed by atoms with Crippen molar-refractivity contribution in [2.75, 3.05) is 19.7 Å². The molecule has 0 aromatic heterocycles. The second kappa shape index (κ2) is 4.87. The van der Waals surface area contributed by atoms with E-state index in [-0.39, 0.29) is 18.7 Å². The lowest BCUT2D eigenvalue weighted by atomic mass is 10.2. The molecule has 0 unspecified atom stereocenters. The number of aliphatic hydroxyl groups is 1. The molecule has 0 aromatic rings. The van der Waals surface area contributed by atoms with Crippen LogP contribution in [0.5, 0.6) is 0 Å². The monoisotopic (exact) mass is 184 g/mol. The Hall–Kier alpha value is -1.03. The second-order valence-electron chi connectivity index (χ2n) is 3.24. The third-order valence-corrected chi connectivity index (χ3v) is 1.99. The van der Waals surface area contributed by atoms with E-state index in [0.717, 1.165) is 13.0 Å². The molecule has 13 heavy (non-hydrogen) atoms. The van der Waals surface area contributed by atoms with Gasteiger partial charge in [-0.2, -0.15) is 0 Å². The number of amides is 2. The molecule has 0 fully saturated rings. The minimum absolute atomic E-state index is 0.0184. The van der Waals surface area contributed by atoms with E-state index in [9.17, 15) is 4.79 Å². The number of hydrogen-bond donors (Lipinski definition) is 2. The number of hydrogen-bond acceptors (Lipinski definition) is 2. The maximum absolute atomic E-state index is 11.4. The highest BCUT2D eigenvalue weighted by molar-refractivity contribution is 5.74. The van der Waals surface area contributed by atoms with E-state index in [0.29, 0.717) is 6.54 Å². The number of carbonyl (C=O) groups is 1. The summed E-state index contributed by atoms with van der Waals surface area (Å²) in [5.41, 5.74) is 0. The molecular formula is C9H16N2O2. The van der Waals surface area contributed by atoms with Gasteiger partial charge >= 0.3 is 6.03 Å². The van der Waals surface area contributed by atoms with Crippen LogP contribution < -0.4 is 5.32 Å². The smallest absolute Gasteiger partial charge is 0.317 e. The first kappa shape index (κ1) is 10.1. The Morgan fingerprint density at radius 2 is 2.46 bits per heavy atom.